The third-order valence-corrected chi connectivity index (χ3v) is 3.34. The van der Waals surface area contributed by atoms with Crippen LogP contribution in [-0.2, 0) is 21.0 Å². The van der Waals surface area contributed by atoms with Crippen molar-refractivity contribution in [2.24, 2.45) is 5.16 Å². The number of benzene rings is 2. The molecule has 0 saturated carbocycles. The Balaban J connectivity index is 2.20. The lowest BCUT2D eigenvalue weighted by Crippen LogP contribution is -2.19. The van der Waals surface area contributed by atoms with E-state index in [9.17, 15) is 4.79 Å². The average molecular weight is 354 g/mol. The van der Waals surface area contributed by atoms with Gasteiger partial charge in [-0.15, -0.1) is 0 Å². The van der Waals surface area contributed by atoms with Gasteiger partial charge in [0.1, 0.15) is 31.3 Å². The fourth-order valence-corrected chi connectivity index (χ4v) is 2.19. The monoisotopic (exact) mass is 354 g/mol. The summed E-state index contributed by atoms with van der Waals surface area (Å²) in [5.74, 6) is 0.498. The van der Waals surface area contributed by atoms with Crippen molar-refractivity contribution >= 4 is 11.7 Å². The highest BCUT2D eigenvalue weighted by Crippen LogP contribution is 2.21. The van der Waals surface area contributed by atoms with E-state index in [4.69, 9.17) is 24.3 Å². The van der Waals surface area contributed by atoms with Gasteiger partial charge in [-0.3, -0.25) is 0 Å². The van der Waals surface area contributed by atoms with Crippen molar-refractivity contribution in [3.63, 3.8) is 0 Å². The van der Waals surface area contributed by atoms with Crippen LogP contribution in [0.5, 0.6) is 11.5 Å². The smallest absolute Gasteiger partial charge is 0.360 e. The van der Waals surface area contributed by atoms with Crippen molar-refractivity contribution in [1.82, 2.24) is 0 Å². The zero-order valence-corrected chi connectivity index (χ0v) is 14.5. The number of oxime groups is 1. The van der Waals surface area contributed by atoms with Gasteiger partial charge in [0, 0.05) is 11.6 Å². The average Bonchev–Trinajstić information content (AvgIpc) is 2.69. The summed E-state index contributed by atoms with van der Waals surface area (Å²) in [6, 6.07) is 16.0. The minimum atomic E-state index is -0.605. The first-order valence-electron chi connectivity index (χ1n) is 7.70. The van der Waals surface area contributed by atoms with E-state index in [0.29, 0.717) is 17.1 Å². The van der Waals surface area contributed by atoms with Crippen LogP contribution >= 0.6 is 0 Å². The summed E-state index contributed by atoms with van der Waals surface area (Å²) < 4.78 is 15.8. The molecular formula is C19H18N2O5. The molecule has 2 rings (SSSR count). The number of nitrogens with zero attached hydrogens (tertiary/aromatic N) is 2. The number of ether oxygens (including phenoxy) is 3. The van der Waals surface area contributed by atoms with Gasteiger partial charge in [-0.05, 0) is 17.7 Å². The normalized spacial score (nSPS) is 10.6. The fraction of sp³-hybridized carbons (Fsp3) is 0.211. The Hall–Kier alpha value is -3.53. The second-order valence-electron chi connectivity index (χ2n) is 4.98. The van der Waals surface area contributed by atoms with E-state index in [0.717, 1.165) is 5.56 Å². The molecule has 7 heteroatoms. The van der Waals surface area contributed by atoms with Gasteiger partial charge in [-0.25, -0.2) is 4.79 Å². The maximum atomic E-state index is 12.0. The standard InChI is InChI=1S/C19H18N2O5/c1-23-19(22)18(21-24-2)17-9-4-3-6-14(17)13-26-16-8-5-7-15(12-16)25-11-10-20/h3-9,12H,11,13H2,1-2H3/b21-18+. The van der Waals surface area contributed by atoms with Gasteiger partial charge in [-0.2, -0.15) is 5.26 Å². The van der Waals surface area contributed by atoms with Crippen LogP contribution in [0.2, 0.25) is 0 Å². The van der Waals surface area contributed by atoms with Gasteiger partial charge in [0.2, 0.25) is 0 Å². The molecule has 0 aliphatic carbocycles. The molecular weight excluding hydrogens is 336 g/mol. The van der Waals surface area contributed by atoms with Crippen molar-refractivity contribution in [3.8, 4) is 17.6 Å². The Morgan fingerprint density at radius 2 is 1.81 bits per heavy atom. The number of esters is 1. The molecule has 2 aromatic rings. The minimum Gasteiger partial charge on any atom is -0.489 e. The van der Waals surface area contributed by atoms with E-state index in [1.165, 1.54) is 14.2 Å². The molecule has 0 radical (unpaired) electrons. The quantitative estimate of drug-likeness (QED) is 0.411. The molecule has 0 fully saturated rings. The highest BCUT2D eigenvalue weighted by Gasteiger charge is 2.19. The summed E-state index contributed by atoms with van der Waals surface area (Å²) in [7, 11) is 2.63. The van der Waals surface area contributed by atoms with Crippen LogP contribution in [0.25, 0.3) is 0 Å². The molecule has 134 valence electrons. The van der Waals surface area contributed by atoms with Gasteiger partial charge >= 0.3 is 5.97 Å². The van der Waals surface area contributed by atoms with Crippen LogP contribution in [0.3, 0.4) is 0 Å². The van der Waals surface area contributed by atoms with Gasteiger partial charge < -0.3 is 19.0 Å². The van der Waals surface area contributed by atoms with Crippen LogP contribution in [0.15, 0.2) is 53.7 Å². The first-order chi connectivity index (χ1) is 12.7. The van der Waals surface area contributed by atoms with Gasteiger partial charge in [0.05, 0.1) is 7.11 Å². The highest BCUT2D eigenvalue weighted by molar-refractivity contribution is 6.43. The lowest BCUT2D eigenvalue weighted by Gasteiger charge is -2.12. The molecule has 0 spiro atoms. The summed E-state index contributed by atoms with van der Waals surface area (Å²) in [6.07, 6.45) is 0. The minimum absolute atomic E-state index is 0.0394. The topological polar surface area (TPSA) is 90.1 Å². The molecule has 0 amide bonds. The Morgan fingerprint density at radius 1 is 1.08 bits per heavy atom. The molecule has 0 heterocycles. The Labute approximate surface area is 151 Å². The van der Waals surface area contributed by atoms with Crippen LogP contribution < -0.4 is 9.47 Å². The molecule has 0 saturated heterocycles. The van der Waals surface area contributed by atoms with E-state index in [-0.39, 0.29) is 18.9 Å². The number of hydrogen-bond donors (Lipinski definition) is 0. The summed E-state index contributed by atoms with van der Waals surface area (Å²) in [5.41, 5.74) is 1.34. The second kappa shape index (κ2) is 9.69. The van der Waals surface area contributed by atoms with Gasteiger partial charge in [0.25, 0.3) is 0 Å². The number of carbonyl (C=O) groups excluding carboxylic acids is 1. The van der Waals surface area contributed by atoms with E-state index in [1.807, 2.05) is 18.2 Å². The van der Waals surface area contributed by atoms with Crippen molar-refractivity contribution in [3.05, 3.63) is 59.7 Å². The van der Waals surface area contributed by atoms with Gasteiger partial charge in [-0.1, -0.05) is 35.5 Å². The SMILES string of the molecule is CO/N=C(/C(=O)OC)c1ccccc1COc1cccc(OCC#N)c1. The summed E-state index contributed by atoms with van der Waals surface area (Å²) in [6.45, 7) is 0.153. The zero-order chi connectivity index (χ0) is 18.8. The summed E-state index contributed by atoms with van der Waals surface area (Å²) >= 11 is 0. The molecule has 2 aromatic carbocycles. The summed E-state index contributed by atoms with van der Waals surface area (Å²) in [5, 5.41) is 12.3. The molecule has 26 heavy (non-hydrogen) atoms. The Kier molecular flexibility index (Phi) is 7.01. The third-order valence-electron chi connectivity index (χ3n) is 3.34. The molecule has 0 aliphatic heterocycles. The molecule has 0 aliphatic rings. The molecule has 0 atom stereocenters. The molecule has 0 N–H and O–H groups in total. The maximum absolute atomic E-state index is 12.0. The van der Waals surface area contributed by atoms with Crippen LogP contribution in [-0.4, -0.2) is 32.5 Å². The van der Waals surface area contributed by atoms with Crippen molar-refractivity contribution in [1.29, 1.82) is 5.26 Å². The van der Waals surface area contributed by atoms with Crippen LogP contribution in [0.1, 0.15) is 11.1 Å². The van der Waals surface area contributed by atoms with Crippen LogP contribution in [0.4, 0.5) is 0 Å². The lowest BCUT2D eigenvalue weighted by molar-refractivity contribution is -0.132. The Morgan fingerprint density at radius 3 is 2.50 bits per heavy atom. The van der Waals surface area contributed by atoms with E-state index in [1.54, 1.807) is 36.4 Å². The van der Waals surface area contributed by atoms with Gasteiger partial charge in [0.15, 0.2) is 12.3 Å². The van der Waals surface area contributed by atoms with E-state index >= 15 is 0 Å². The number of carbonyl (C=O) groups is 1. The predicted octanol–water partition coefficient (Wildman–Crippen LogP) is 2.69. The van der Waals surface area contributed by atoms with E-state index in [2.05, 4.69) is 5.16 Å². The maximum Gasteiger partial charge on any atom is 0.360 e. The second-order valence-corrected chi connectivity index (χ2v) is 4.98. The first kappa shape index (κ1) is 18.8. The predicted molar refractivity (Wildman–Crippen MR) is 93.9 cm³/mol. The zero-order valence-electron chi connectivity index (χ0n) is 14.5. The number of nitriles is 1. The van der Waals surface area contributed by atoms with E-state index < -0.39 is 5.97 Å². The largest absolute Gasteiger partial charge is 0.489 e. The van der Waals surface area contributed by atoms with Crippen molar-refractivity contribution in [2.45, 2.75) is 6.61 Å². The Bertz CT molecular complexity index is 827. The summed E-state index contributed by atoms with van der Waals surface area (Å²) in [4.78, 5) is 16.7. The number of rotatable bonds is 8. The number of methoxy groups -OCH3 is 1. The molecule has 0 bridgehead atoms. The third kappa shape index (κ3) is 4.98. The molecule has 0 unspecified atom stereocenters. The van der Waals surface area contributed by atoms with Crippen molar-refractivity contribution < 1.29 is 23.8 Å². The first-order valence-corrected chi connectivity index (χ1v) is 7.70. The lowest BCUT2D eigenvalue weighted by atomic mass is 10.0. The molecule has 7 nitrogen and oxygen atoms in total. The van der Waals surface area contributed by atoms with Crippen LogP contribution in [0, 0.1) is 11.3 Å². The fourth-order valence-electron chi connectivity index (χ4n) is 2.19. The molecule has 0 aromatic heterocycles. The highest BCUT2D eigenvalue weighted by atomic mass is 16.6. The number of hydrogen-bond acceptors (Lipinski definition) is 7. The van der Waals surface area contributed by atoms with Crippen molar-refractivity contribution in [2.75, 3.05) is 20.8 Å².